The molecule has 0 spiro atoms. The van der Waals surface area contributed by atoms with Gasteiger partial charge in [0.2, 0.25) is 5.91 Å². The highest BCUT2D eigenvalue weighted by Crippen LogP contribution is 2.29. The maximum Gasteiger partial charge on any atom is 0.287 e. The zero-order valence-corrected chi connectivity index (χ0v) is 13.7. The number of rotatable bonds is 5. The van der Waals surface area contributed by atoms with E-state index in [-0.39, 0.29) is 18.2 Å². The minimum absolute atomic E-state index is 0.154. The highest BCUT2D eigenvalue weighted by atomic mass is 32.1. The molecule has 2 N–H and O–H groups in total. The van der Waals surface area contributed by atoms with Crippen molar-refractivity contribution in [2.75, 3.05) is 11.9 Å². The third kappa shape index (κ3) is 3.69. The van der Waals surface area contributed by atoms with Crippen LogP contribution >= 0.6 is 11.3 Å². The first-order chi connectivity index (χ1) is 11.6. The number of hydrogen-bond acceptors (Lipinski definition) is 5. The molecule has 0 saturated heterocycles. The molecule has 7 heteroatoms. The van der Waals surface area contributed by atoms with E-state index in [0.717, 1.165) is 16.1 Å². The number of anilines is 1. The van der Waals surface area contributed by atoms with E-state index in [1.807, 2.05) is 37.3 Å². The first-order valence-corrected chi connectivity index (χ1v) is 8.09. The van der Waals surface area contributed by atoms with Gasteiger partial charge < -0.3 is 15.1 Å². The number of furan rings is 1. The molecule has 24 heavy (non-hydrogen) atoms. The normalized spacial score (nSPS) is 10.4. The van der Waals surface area contributed by atoms with Crippen LogP contribution in [0.2, 0.25) is 0 Å². The van der Waals surface area contributed by atoms with E-state index in [0.29, 0.717) is 5.13 Å². The smallest absolute Gasteiger partial charge is 0.287 e. The van der Waals surface area contributed by atoms with Gasteiger partial charge in [-0.25, -0.2) is 4.98 Å². The fourth-order valence-electron chi connectivity index (χ4n) is 2.13. The van der Waals surface area contributed by atoms with Gasteiger partial charge >= 0.3 is 0 Å². The van der Waals surface area contributed by atoms with Gasteiger partial charge in [-0.15, -0.1) is 11.3 Å². The number of nitrogens with one attached hydrogen (secondary N) is 2. The molecule has 2 aromatic heterocycles. The Hall–Kier alpha value is -2.93. The Morgan fingerprint density at radius 3 is 2.67 bits per heavy atom. The molecule has 6 nitrogen and oxygen atoms in total. The summed E-state index contributed by atoms with van der Waals surface area (Å²) >= 11 is 1.40. The summed E-state index contributed by atoms with van der Waals surface area (Å²) < 4.78 is 4.96. The molecule has 1 aromatic carbocycles. The van der Waals surface area contributed by atoms with Crippen molar-refractivity contribution in [3.63, 3.8) is 0 Å². The zero-order chi connectivity index (χ0) is 16.9. The number of benzene rings is 1. The lowest BCUT2D eigenvalue weighted by Gasteiger charge is -2.03. The van der Waals surface area contributed by atoms with Crippen LogP contribution in [0.4, 0.5) is 5.13 Å². The Balaban J connectivity index is 1.60. The fraction of sp³-hybridized carbons (Fsp3) is 0.118. The van der Waals surface area contributed by atoms with Crippen LogP contribution in [0.3, 0.4) is 0 Å². The monoisotopic (exact) mass is 341 g/mol. The SMILES string of the molecule is Cc1sc(NC(=O)CNC(=O)c2ccco2)nc1-c1ccccc1. The average Bonchev–Trinajstić information content (AvgIpc) is 3.23. The van der Waals surface area contributed by atoms with Crippen LogP contribution in [-0.2, 0) is 4.79 Å². The largest absolute Gasteiger partial charge is 0.459 e. The lowest BCUT2D eigenvalue weighted by molar-refractivity contribution is -0.115. The number of aromatic nitrogens is 1. The Labute approximate surface area is 142 Å². The molecule has 0 aliphatic carbocycles. The molecule has 0 atom stereocenters. The number of hydrogen-bond donors (Lipinski definition) is 2. The number of carbonyl (C=O) groups excluding carboxylic acids is 2. The molecular weight excluding hydrogens is 326 g/mol. The summed E-state index contributed by atoms with van der Waals surface area (Å²) in [4.78, 5) is 29.1. The highest BCUT2D eigenvalue weighted by Gasteiger charge is 2.13. The summed E-state index contributed by atoms with van der Waals surface area (Å²) in [5.74, 6) is -0.613. The Bertz CT molecular complexity index is 841. The Morgan fingerprint density at radius 1 is 1.17 bits per heavy atom. The second-order valence-corrected chi connectivity index (χ2v) is 6.20. The molecule has 3 rings (SSSR count). The highest BCUT2D eigenvalue weighted by molar-refractivity contribution is 7.16. The van der Waals surface area contributed by atoms with E-state index in [1.165, 1.54) is 23.7 Å². The Kier molecular flexibility index (Phi) is 4.72. The first kappa shape index (κ1) is 15.9. The van der Waals surface area contributed by atoms with Gasteiger partial charge in [-0.05, 0) is 19.1 Å². The summed E-state index contributed by atoms with van der Waals surface area (Å²) in [6, 6.07) is 12.9. The lowest BCUT2D eigenvalue weighted by atomic mass is 10.1. The predicted octanol–water partition coefficient (Wildman–Crippen LogP) is 3.08. The van der Waals surface area contributed by atoms with E-state index >= 15 is 0 Å². The van der Waals surface area contributed by atoms with Gasteiger partial charge in [-0.1, -0.05) is 30.3 Å². The number of amides is 2. The third-order valence-electron chi connectivity index (χ3n) is 3.24. The van der Waals surface area contributed by atoms with Crippen molar-refractivity contribution < 1.29 is 14.0 Å². The molecule has 122 valence electrons. The quantitative estimate of drug-likeness (QED) is 0.747. The molecule has 2 amide bonds. The van der Waals surface area contributed by atoms with E-state index in [2.05, 4.69) is 15.6 Å². The van der Waals surface area contributed by atoms with Crippen molar-refractivity contribution in [3.8, 4) is 11.3 Å². The maximum atomic E-state index is 12.0. The van der Waals surface area contributed by atoms with Crippen LogP contribution in [0.25, 0.3) is 11.3 Å². The first-order valence-electron chi connectivity index (χ1n) is 7.28. The van der Waals surface area contributed by atoms with Crippen molar-refractivity contribution >= 4 is 28.3 Å². The lowest BCUT2D eigenvalue weighted by Crippen LogP contribution is -2.32. The van der Waals surface area contributed by atoms with Gasteiger partial charge in [0.25, 0.3) is 5.91 Å². The standard InChI is InChI=1S/C17H15N3O3S/c1-11-15(12-6-3-2-4-7-12)20-17(24-11)19-14(21)10-18-16(22)13-8-5-9-23-13/h2-9H,10H2,1H3,(H,18,22)(H,19,20,21). The van der Waals surface area contributed by atoms with E-state index in [9.17, 15) is 9.59 Å². The van der Waals surface area contributed by atoms with Gasteiger partial charge in [0, 0.05) is 10.4 Å². The Morgan fingerprint density at radius 2 is 1.96 bits per heavy atom. The number of nitrogens with zero attached hydrogens (tertiary/aromatic N) is 1. The summed E-state index contributed by atoms with van der Waals surface area (Å²) in [6.07, 6.45) is 1.40. The van der Waals surface area contributed by atoms with Crippen molar-refractivity contribution in [1.29, 1.82) is 0 Å². The number of aryl methyl sites for hydroxylation is 1. The van der Waals surface area contributed by atoms with Crippen molar-refractivity contribution in [2.24, 2.45) is 0 Å². The summed E-state index contributed by atoms with van der Waals surface area (Å²) in [6.45, 7) is 1.80. The molecule has 0 bridgehead atoms. The van der Waals surface area contributed by atoms with Gasteiger partial charge in [0.1, 0.15) is 0 Å². The molecule has 2 heterocycles. The second kappa shape index (κ2) is 7.10. The number of carbonyl (C=O) groups is 2. The topological polar surface area (TPSA) is 84.2 Å². The summed E-state index contributed by atoms with van der Waals surface area (Å²) in [7, 11) is 0. The molecule has 0 aliphatic heterocycles. The van der Waals surface area contributed by atoms with E-state index < -0.39 is 5.91 Å². The zero-order valence-electron chi connectivity index (χ0n) is 12.9. The van der Waals surface area contributed by atoms with E-state index in [4.69, 9.17) is 4.42 Å². The van der Waals surface area contributed by atoms with Crippen LogP contribution in [-0.4, -0.2) is 23.3 Å². The van der Waals surface area contributed by atoms with Gasteiger partial charge in [-0.3, -0.25) is 9.59 Å². The minimum Gasteiger partial charge on any atom is -0.459 e. The molecule has 3 aromatic rings. The molecule has 0 fully saturated rings. The van der Waals surface area contributed by atoms with Crippen LogP contribution < -0.4 is 10.6 Å². The van der Waals surface area contributed by atoms with Crippen molar-refractivity contribution in [1.82, 2.24) is 10.3 Å². The second-order valence-electron chi connectivity index (χ2n) is 5.00. The van der Waals surface area contributed by atoms with Crippen LogP contribution in [0, 0.1) is 6.92 Å². The third-order valence-corrected chi connectivity index (χ3v) is 4.13. The maximum absolute atomic E-state index is 12.0. The molecule has 0 saturated carbocycles. The average molecular weight is 341 g/mol. The van der Waals surface area contributed by atoms with Crippen LogP contribution in [0.1, 0.15) is 15.4 Å². The van der Waals surface area contributed by atoms with Crippen LogP contribution in [0.15, 0.2) is 53.1 Å². The van der Waals surface area contributed by atoms with Gasteiger partial charge in [-0.2, -0.15) is 0 Å². The number of thiazole rings is 1. The van der Waals surface area contributed by atoms with Crippen molar-refractivity contribution in [3.05, 3.63) is 59.4 Å². The molecule has 0 unspecified atom stereocenters. The van der Waals surface area contributed by atoms with Gasteiger partial charge in [0.05, 0.1) is 18.5 Å². The van der Waals surface area contributed by atoms with Crippen molar-refractivity contribution in [2.45, 2.75) is 6.92 Å². The minimum atomic E-state index is -0.435. The van der Waals surface area contributed by atoms with Crippen LogP contribution in [0.5, 0.6) is 0 Å². The van der Waals surface area contributed by atoms with E-state index in [1.54, 1.807) is 6.07 Å². The molecule has 0 radical (unpaired) electrons. The summed E-state index contributed by atoms with van der Waals surface area (Å²) in [5, 5.41) is 5.69. The molecular formula is C17H15N3O3S. The van der Waals surface area contributed by atoms with Gasteiger partial charge in [0.15, 0.2) is 10.9 Å². The summed E-state index contributed by atoms with van der Waals surface area (Å²) in [5.41, 5.74) is 1.84. The predicted molar refractivity (Wildman–Crippen MR) is 92.0 cm³/mol. The fourth-order valence-corrected chi connectivity index (χ4v) is 2.98. The molecule has 0 aliphatic rings.